The highest BCUT2D eigenvalue weighted by atomic mass is 15.0. The van der Waals surface area contributed by atoms with Crippen molar-refractivity contribution in [2.45, 2.75) is 58.4 Å². The van der Waals surface area contributed by atoms with Crippen LogP contribution in [0.3, 0.4) is 0 Å². The molecule has 0 aliphatic rings. The van der Waals surface area contributed by atoms with Crippen LogP contribution in [0.4, 0.5) is 0 Å². The molecule has 0 spiro atoms. The summed E-state index contributed by atoms with van der Waals surface area (Å²) in [5.74, 6) is 0. The monoisotopic (exact) mass is 371 g/mol. The first-order valence-electron chi connectivity index (χ1n) is 10.7. The third-order valence-electron chi connectivity index (χ3n) is 5.57. The van der Waals surface area contributed by atoms with Crippen molar-refractivity contribution in [1.29, 1.82) is 0 Å². The van der Waals surface area contributed by atoms with Gasteiger partial charge in [0.15, 0.2) is 0 Å². The molecule has 0 aliphatic carbocycles. The van der Waals surface area contributed by atoms with E-state index in [1.165, 1.54) is 66.8 Å². The molecule has 3 heterocycles. The number of para-hydroxylation sites is 1. The Morgan fingerprint density at radius 1 is 0.714 bits per heavy atom. The highest BCUT2D eigenvalue weighted by molar-refractivity contribution is 6.11. The molecule has 0 amide bonds. The lowest BCUT2D eigenvalue weighted by molar-refractivity contribution is 0.561. The standard InChI is InChI=1S/C25H29N3/c1-2-3-4-5-6-7-12-19-28-23-15-9-8-13-20(23)21-16-18-27-24(25(21)28)22-14-10-11-17-26-22/h8-11,13-18H,2-7,12,19H2,1H3. The Morgan fingerprint density at radius 3 is 2.32 bits per heavy atom. The Kier molecular flexibility index (Phi) is 6.01. The lowest BCUT2D eigenvalue weighted by atomic mass is 10.1. The van der Waals surface area contributed by atoms with Crippen molar-refractivity contribution < 1.29 is 0 Å². The molecule has 0 N–H and O–H groups in total. The van der Waals surface area contributed by atoms with Crippen LogP contribution >= 0.6 is 0 Å². The van der Waals surface area contributed by atoms with Gasteiger partial charge >= 0.3 is 0 Å². The third kappa shape index (κ3) is 3.80. The van der Waals surface area contributed by atoms with Crippen molar-refractivity contribution in [1.82, 2.24) is 14.5 Å². The second-order valence-corrected chi connectivity index (χ2v) is 7.56. The molecule has 1 aromatic carbocycles. The van der Waals surface area contributed by atoms with E-state index in [2.05, 4.69) is 52.9 Å². The van der Waals surface area contributed by atoms with Crippen molar-refractivity contribution in [3.63, 3.8) is 0 Å². The van der Waals surface area contributed by atoms with Crippen LogP contribution in [0, 0.1) is 0 Å². The van der Waals surface area contributed by atoms with Gasteiger partial charge in [0.1, 0.15) is 5.69 Å². The molecule has 3 heteroatoms. The third-order valence-corrected chi connectivity index (χ3v) is 5.57. The summed E-state index contributed by atoms with van der Waals surface area (Å²) in [6.07, 6.45) is 13.0. The summed E-state index contributed by atoms with van der Waals surface area (Å²) in [5.41, 5.74) is 4.44. The molecule has 28 heavy (non-hydrogen) atoms. The number of nitrogens with zero attached hydrogens (tertiary/aromatic N) is 3. The topological polar surface area (TPSA) is 30.7 Å². The molecule has 3 aromatic heterocycles. The van der Waals surface area contributed by atoms with Crippen LogP contribution in [0.5, 0.6) is 0 Å². The quantitative estimate of drug-likeness (QED) is 0.296. The van der Waals surface area contributed by atoms with Gasteiger partial charge in [0.2, 0.25) is 0 Å². The van der Waals surface area contributed by atoms with E-state index in [1.54, 1.807) is 0 Å². The van der Waals surface area contributed by atoms with Crippen molar-refractivity contribution >= 4 is 21.8 Å². The molecular formula is C25H29N3. The molecule has 0 fully saturated rings. The van der Waals surface area contributed by atoms with Crippen LogP contribution in [0.25, 0.3) is 33.2 Å². The fourth-order valence-corrected chi connectivity index (χ4v) is 4.15. The SMILES string of the molecule is CCCCCCCCCn1c2ccccc2c2ccnc(-c3ccccn3)c21. The minimum Gasteiger partial charge on any atom is -0.339 e. The highest BCUT2D eigenvalue weighted by Crippen LogP contribution is 2.34. The average molecular weight is 372 g/mol. The second-order valence-electron chi connectivity index (χ2n) is 7.56. The molecule has 144 valence electrons. The number of hydrogen-bond acceptors (Lipinski definition) is 2. The largest absolute Gasteiger partial charge is 0.339 e. The fraction of sp³-hybridized carbons (Fsp3) is 0.360. The van der Waals surface area contributed by atoms with Gasteiger partial charge in [-0.15, -0.1) is 0 Å². The zero-order chi connectivity index (χ0) is 19.2. The summed E-state index contributed by atoms with van der Waals surface area (Å²) in [5, 5.41) is 2.58. The summed E-state index contributed by atoms with van der Waals surface area (Å²) in [6, 6.07) is 16.9. The first-order chi connectivity index (χ1) is 13.9. The minimum atomic E-state index is 0.941. The lowest BCUT2D eigenvalue weighted by Crippen LogP contribution is -2.00. The van der Waals surface area contributed by atoms with Gasteiger partial charge in [-0.2, -0.15) is 0 Å². The molecule has 3 nitrogen and oxygen atoms in total. The summed E-state index contributed by atoms with van der Waals surface area (Å²) < 4.78 is 2.47. The van der Waals surface area contributed by atoms with Gasteiger partial charge in [0, 0.05) is 35.2 Å². The van der Waals surface area contributed by atoms with Gasteiger partial charge < -0.3 is 4.57 Å². The van der Waals surface area contributed by atoms with Crippen molar-refractivity contribution in [3.8, 4) is 11.4 Å². The zero-order valence-electron chi connectivity index (χ0n) is 16.8. The first kappa shape index (κ1) is 18.7. The molecule has 0 radical (unpaired) electrons. The van der Waals surface area contributed by atoms with Crippen LogP contribution in [0.15, 0.2) is 60.9 Å². The molecule has 0 bridgehead atoms. The Bertz CT molecular complexity index is 1030. The second kappa shape index (κ2) is 9.01. The van der Waals surface area contributed by atoms with Crippen LogP contribution in [-0.2, 0) is 6.54 Å². The van der Waals surface area contributed by atoms with Gasteiger partial charge in [-0.25, -0.2) is 0 Å². The Balaban J connectivity index is 1.67. The zero-order valence-corrected chi connectivity index (χ0v) is 16.8. The molecule has 4 rings (SSSR count). The van der Waals surface area contributed by atoms with Gasteiger partial charge in [-0.1, -0.05) is 69.7 Å². The number of aryl methyl sites for hydroxylation is 1. The van der Waals surface area contributed by atoms with E-state index < -0.39 is 0 Å². The predicted molar refractivity (Wildman–Crippen MR) is 118 cm³/mol. The van der Waals surface area contributed by atoms with E-state index in [4.69, 9.17) is 4.98 Å². The smallest absolute Gasteiger partial charge is 0.113 e. The van der Waals surface area contributed by atoms with E-state index in [1.807, 2.05) is 24.5 Å². The van der Waals surface area contributed by atoms with Gasteiger partial charge in [0.05, 0.1) is 11.2 Å². The molecule has 4 aromatic rings. The Hall–Kier alpha value is -2.68. The summed E-state index contributed by atoms with van der Waals surface area (Å²) in [7, 11) is 0. The summed E-state index contributed by atoms with van der Waals surface area (Å²) >= 11 is 0. The minimum absolute atomic E-state index is 0.941. The van der Waals surface area contributed by atoms with E-state index in [0.29, 0.717) is 0 Å². The number of aromatic nitrogens is 3. The molecule has 0 atom stereocenters. The van der Waals surface area contributed by atoms with E-state index in [9.17, 15) is 0 Å². The van der Waals surface area contributed by atoms with Crippen molar-refractivity contribution in [3.05, 3.63) is 60.9 Å². The number of hydrogen-bond donors (Lipinski definition) is 0. The fourth-order valence-electron chi connectivity index (χ4n) is 4.15. The van der Waals surface area contributed by atoms with Crippen LogP contribution in [-0.4, -0.2) is 14.5 Å². The average Bonchev–Trinajstić information content (AvgIpc) is 3.08. The lowest BCUT2D eigenvalue weighted by Gasteiger charge is -2.10. The van der Waals surface area contributed by atoms with Crippen LogP contribution in [0.2, 0.25) is 0 Å². The maximum absolute atomic E-state index is 4.73. The highest BCUT2D eigenvalue weighted by Gasteiger charge is 2.16. The number of unbranched alkanes of at least 4 members (excludes halogenated alkanes) is 6. The normalized spacial score (nSPS) is 11.5. The van der Waals surface area contributed by atoms with Crippen molar-refractivity contribution in [2.24, 2.45) is 0 Å². The predicted octanol–water partition coefficient (Wildman–Crippen LogP) is 7.00. The van der Waals surface area contributed by atoms with Crippen LogP contribution < -0.4 is 0 Å². The van der Waals surface area contributed by atoms with Gasteiger partial charge in [-0.05, 0) is 30.7 Å². The summed E-state index contributed by atoms with van der Waals surface area (Å²) in [4.78, 5) is 9.30. The first-order valence-corrected chi connectivity index (χ1v) is 10.7. The van der Waals surface area contributed by atoms with Crippen LogP contribution in [0.1, 0.15) is 51.9 Å². The number of fused-ring (bicyclic) bond motifs is 3. The number of pyridine rings is 2. The number of benzene rings is 1. The number of rotatable bonds is 9. The molecule has 0 unspecified atom stereocenters. The Morgan fingerprint density at radius 2 is 1.50 bits per heavy atom. The van der Waals surface area contributed by atoms with Crippen molar-refractivity contribution in [2.75, 3.05) is 0 Å². The van der Waals surface area contributed by atoms with Gasteiger partial charge in [-0.3, -0.25) is 9.97 Å². The van der Waals surface area contributed by atoms with E-state index >= 15 is 0 Å². The van der Waals surface area contributed by atoms with Gasteiger partial charge in [0.25, 0.3) is 0 Å². The molecule has 0 saturated carbocycles. The Labute approximate surface area is 167 Å². The maximum atomic E-state index is 4.73. The maximum Gasteiger partial charge on any atom is 0.113 e. The van der Waals surface area contributed by atoms with E-state index in [0.717, 1.165) is 17.9 Å². The molecule has 0 saturated heterocycles. The molecule has 0 aliphatic heterocycles. The molecular weight excluding hydrogens is 342 g/mol. The van der Waals surface area contributed by atoms with E-state index in [-0.39, 0.29) is 0 Å². The summed E-state index contributed by atoms with van der Waals surface area (Å²) in [6.45, 7) is 3.30.